The van der Waals surface area contributed by atoms with E-state index in [-0.39, 0.29) is 35.4 Å². The van der Waals surface area contributed by atoms with E-state index in [9.17, 15) is 18.0 Å². The summed E-state index contributed by atoms with van der Waals surface area (Å²) in [5, 5.41) is 0. The van der Waals surface area contributed by atoms with Crippen molar-refractivity contribution in [3.05, 3.63) is 47.9 Å². The first kappa shape index (κ1) is 31.2. The van der Waals surface area contributed by atoms with Gasteiger partial charge in [0, 0.05) is 88.3 Å². The summed E-state index contributed by atoms with van der Waals surface area (Å²) in [6, 6.07) is 3.94. The molecule has 0 N–H and O–H groups in total. The SMILES string of the molecule is C=CC(=O)N1CCN([C@@H]2CN(c3cc(N4CCC(c5c(C)ccnc5N5CC6(COC6)C5)CC4C)nc(C(F)(F)F)n3)[C@@H]2C)CC1. The van der Waals surface area contributed by atoms with Crippen LogP contribution >= 0.6 is 0 Å². The molecule has 0 aromatic carbocycles. The zero-order valence-electron chi connectivity index (χ0n) is 26.8. The predicted octanol–water partition coefficient (Wildman–Crippen LogP) is 3.72. The van der Waals surface area contributed by atoms with E-state index in [0.29, 0.717) is 37.8 Å². The van der Waals surface area contributed by atoms with Crippen molar-refractivity contribution in [2.75, 3.05) is 80.3 Å². The van der Waals surface area contributed by atoms with Gasteiger partial charge in [0.1, 0.15) is 17.5 Å². The number of ether oxygens (including phenoxy) is 1. The molecule has 248 valence electrons. The number of anilines is 3. The van der Waals surface area contributed by atoms with Gasteiger partial charge in [-0.1, -0.05) is 6.58 Å². The Morgan fingerprint density at radius 3 is 2.35 bits per heavy atom. The molecule has 10 nitrogen and oxygen atoms in total. The maximum Gasteiger partial charge on any atom is 0.451 e. The van der Waals surface area contributed by atoms with Crippen molar-refractivity contribution in [1.29, 1.82) is 0 Å². The third-order valence-electron chi connectivity index (χ3n) is 10.9. The van der Waals surface area contributed by atoms with Crippen LogP contribution in [0.15, 0.2) is 31.0 Å². The van der Waals surface area contributed by atoms with Crippen molar-refractivity contribution in [1.82, 2.24) is 24.8 Å². The first-order chi connectivity index (χ1) is 22.0. The van der Waals surface area contributed by atoms with Gasteiger partial charge in [0.15, 0.2) is 0 Å². The second kappa shape index (κ2) is 11.7. The molecule has 5 aliphatic heterocycles. The van der Waals surface area contributed by atoms with Crippen molar-refractivity contribution < 1.29 is 22.7 Å². The molecular weight excluding hydrogens is 597 g/mol. The minimum atomic E-state index is -4.66. The Morgan fingerprint density at radius 2 is 1.76 bits per heavy atom. The second-order valence-electron chi connectivity index (χ2n) is 13.9. The van der Waals surface area contributed by atoms with E-state index in [1.165, 1.54) is 17.2 Å². The Morgan fingerprint density at radius 1 is 1.07 bits per heavy atom. The smallest absolute Gasteiger partial charge is 0.380 e. The number of rotatable bonds is 6. The van der Waals surface area contributed by atoms with Crippen LogP contribution in [0, 0.1) is 12.3 Å². The fourth-order valence-corrected chi connectivity index (χ4v) is 8.13. The number of hydrogen-bond donors (Lipinski definition) is 0. The average molecular weight is 641 g/mol. The highest BCUT2D eigenvalue weighted by molar-refractivity contribution is 5.87. The van der Waals surface area contributed by atoms with Crippen LogP contribution < -0.4 is 14.7 Å². The summed E-state index contributed by atoms with van der Waals surface area (Å²) in [6.07, 6.45) is 0.152. The largest absolute Gasteiger partial charge is 0.451 e. The molecule has 5 fully saturated rings. The highest BCUT2D eigenvalue weighted by Crippen LogP contribution is 2.45. The topological polar surface area (TPSA) is 81.2 Å². The van der Waals surface area contributed by atoms with Crippen molar-refractivity contribution in [2.24, 2.45) is 5.41 Å². The Bertz CT molecular complexity index is 1480. The molecule has 2 aromatic heterocycles. The quantitative estimate of drug-likeness (QED) is 0.439. The van der Waals surface area contributed by atoms with Crippen LogP contribution in [0.1, 0.15) is 49.6 Å². The number of piperazine rings is 1. The van der Waals surface area contributed by atoms with Gasteiger partial charge in [-0.2, -0.15) is 13.2 Å². The van der Waals surface area contributed by atoms with Gasteiger partial charge in [0.25, 0.3) is 0 Å². The fraction of sp³-hybridized carbons (Fsp3) is 0.636. The molecule has 7 rings (SSSR count). The zero-order valence-corrected chi connectivity index (χ0v) is 26.8. The summed E-state index contributed by atoms with van der Waals surface area (Å²) in [6.45, 7) is 17.2. The number of nitrogens with zero attached hydrogens (tertiary/aromatic N) is 8. The standard InChI is InChI=1S/C33H43F3N8O2/c1-5-28(45)41-12-10-40(11-13-41)25-16-44(23(25)4)27-15-26(38-31(39-27)33(34,35)36)43-9-7-24(14-22(43)3)29-21(2)6-8-37-30(29)42-17-32(18-42)19-46-20-32/h5-6,8,15,22-25H,1,7,9-14,16-20H2,2-4H3/t22?,23-,24?,25-/m1/s1. The lowest BCUT2D eigenvalue weighted by Crippen LogP contribution is -2.68. The number of pyridine rings is 1. The summed E-state index contributed by atoms with van der Waals surface area (Å²) in [4.78, 5) is 35.3. The number of amides is 1. The molecule has 13 heteroatoms. The van der Waals surface area contributed by atoms with Gasteiger partial charge in [-0.15, -0.1) is 0 Å². The van der Waals surface area contributed by atoms with Crippen LogP contribution in [0.25, 0.3) is 0 Å². The van der Waals surface area contributed by atoms with Crippen LogP contribution in [-0.2, 0) is 15.7 Å². The van der Waals surface area contributed by atoms with Crippen LogP contribution in [0.2, 0.25) is 0 Å². The first-order valence-corrected chi connectivity index (χ1v) is 16.4. The van der Waals surface area contributed by atoms with E-state index < -0.39 is 12.0 Å². The fourth-order valence-electron chi connectivity index (χ4n) is 8.13. The Labute approximate surface area is 268 Å². The molecule has 5 saturated heterocycles. The highest BCUT2D eigenvalue weighted by Gasteiger charge is 2.50. The van der Waals surface area contributed by atoms with Crippen molar-refractivity contribution in [3.8, 4) is 0 Å². The maximum atomic E-state index is 14.1. The van der Waals surface area contributed by atoms with E-state index in [0.717, 1.165) is 58.1 Å². The monoisotopic (exact) mass is 640 g/mol. The Hall–Kier alpha value is -3.45. The Kier molecular flexibility index (Phi) is 7.90. The number of aryl methyl sites for hydroxylation is 1. The number of aromatic nitrogens is 3. The van der Waals surface area contributed by atoms with Crippen LogP contribution in [0.4, 0.5) is 30.6 Å². The van der Waals surface area contributed by atoms with E-state index in [1.807, 2.05) is 22.9 Å². The average Bonchev–Trinajstić information content (AvgIpc) is 2.98. The highest BCUT2D eigenvalue weighted by atomic mass is 19.4. The van der Waals surface area contributed by atoms with E-state index in [1.54, 1.807) is 11.0 Å². The molecule has 0 saturated carbocycles. The maximum absolute atomic E-state index is 14.1. The lowest BCUT2D eigenvalue weighted by atomic mass is 9.77. The minimum Gasteiger partial charge on any atom is -0.380 e. The number of alkyl halides is 3. The number of carbonyl (C=O) groups is 1. The molecular formula is C33H43F3N8O2. The second-order valence-corrected chi connectivity index (χ2v) is 13.9. The molecule has 0 bridgehead atoms. The molecule has 7 heterocycles. The Balaban J connectivity index is 1.06. The predicted molar refractivity (Wildman–Crippen MR) is 169 cm³/mol. The van der Waals surface area contributed by atoms with E-state index >= 15 is 0 Å². The number of carbonyl (C=O) groups excluding carboxylic acids is 1. The summed E-state index contributed by atoms with van der Waals surface area (Å²) in [5.74, 6) is 0.770. The van der Waals surface area contributed by atoms with Gasteiger partial charge in [0.05, 0.1) is 18.6 Å². The third kappa shape index (κ3) is 5.48. The van der Waals surface area contributed by atoms with Gasteiger partial charge in [-0.05, 0) is 57.2 Å². The summed E-state index contributed by atoms with van der Waals surface area (Å²) >= 11 is 0. The minimum absolute atomic E-state index is 0.0195. The van der Waals surface area contributed by atoms with Crippen molar-refractivity contribution >= 4 is 23.4 Å². The van der Waals surface area contributed by atoms with Gasteiger partial charge in [-0.25, -0.2) is 15.0 Å². The van der Waals surface area contributed by atoms with Gasteiger partial charge < -0.3 is 24.3 Å². The lowest BCUT2D eigenvalue weighted by molar-refractivity contribution is -0.144. The van der Waals surface area contributed by atoms with E-state index in [2.05, 4.69) is 46.3 Å². The molecule has 5 aliphatic rings. The molecule has 2 aromatic rings. The van der Waals surface area contributed by atoms with E-state index in [4.69, 9.17) is 9.72 Å². The molecule has 2 unspecified atom stereocenters. The lowest BCUT2D eigenvalue weighted by Gasteiger charge is -2.56. The van der Waals surface area contributed by atoms with Crippen LogP contribution in [0.5, 0.6) is 0 Å². The first-order valence-electron chi connectivity index (χ1n) is 16.4. The number of piperidine rings is 1. The van der Waals surface area contributed by atoms with Crippen LogP contribution in [-0.4, -0.2) is 114 Å². The van der Waals surface area contributed by atoms with Crippen molar-refractivity contribution in [3.63, 3.8) is 0 Å². The normalized spacial score (nSPS) is 28.0. The molecule has 1 amide bonds. The molecule has 4 atom stereocenters. The van der Waals surface area contributed by atoms with Gasteiger partial charge in [-0.3, -0.25) is 9.69 Å². The molecule has 46 heavy (non-hydrogen) atoms. The number of halogens is 3. The molecule has 1 spiro atoms. The summed E-state index contributed by atoms with van der Waals surface area (Å²) in [7, 11) is 0. The third-order valence-corrected chi connectivity index (χ3v) is 10.9. The molecule has 0 aliphatic carbocycles. The van der Waals surface area contributed by atoms with Crippen LogP contribution in [0.3, 0.4) is 0 Å². The summed E-state index contributed by atoms with van der Waals surface area (Å²) in [5.41, 5.74) is 2.74. The van der Waals surface area contributed by atoms with Gasteiger partial charge in [0.2, 0.25) is 11.7 Å². The summed E-state index contributed by atoms with van der Waals surface area (Å²) < 4.78 is 47.9. The van der Waals surface area contributed by atoms with Crippen molar-refractivity contribution in [2.45, 2.75) is 63.8 Å². The zero-order chi connectivity index (χ0) is 32.4. The molecule has 0 radical (unpaired) electrons. The van der Waals surface area contributed by atoms with Gasteiger partial charge >= 0.3 is 6.18 Å². The number of hydrogen-bond acceptors (Lipinski definition) is 9.